The van der Waals surface area contributed by atoms with Gasteiger partial charge < -0.3 is 10.3 Å². The van der Waals surface area contributed by atoms with Gasteiger partial charge in [0.25, 0.3) is 0 Å². The molecule has 0 fully saturated rings. The number of nitrogens with zero attached hydrogens (tertiary/aromatic N) is 3. The minimum atomic E-state index is 0.532. The average molecular weight is 238 g/mol. The standard InChI is InChI=1S/C14H14N4/c1-9-11(4-3-7-16-9)10-5-6-13-12(8-10)17-14(15)18(13)2/h3-8H,1-2H3,(H2,15,17). The van der Waals surface area contributed by atoms with Crippen LogP contribution in [0.1, 0.15) is 5.69 Å². The molecule has 4 nitrogen and oxygen atoms in total. The third-order valence-corrected chi connectivity index (χ3v) is 3.23. The number of anilines is 1. The van der Waals surface area contributed by atoms with Gasteiger partial charge in [-0.3, -0.25) is 4.98 Å². The Morgan fingerprint density at radius 2 is 2.06 bits per heavy atom. The molecule has 18 heavy (non-hydrogen) atoms. The van der Waals surface area contributed by atoms with Gasteiger partial charge in [0.15, 0.2) is 0 Å². The second kappa shape index (κ2) is 3.84. The van der Waals surface area contributed by atoms with E-state index < -0.39 is 0 Å². The summed E-state index contributed by atoms with van der Waals surface area (Å²) in [5.74, 6) is 0.532. The van der Waals surface area contributed by atoms with Gasteiger partial charge in [0.1, 0.15) is 0 Å². The predicted molar refractivity (Wildman–Crippen MR) is 73.1 cm³/mol. The maximum absolute atomic E-state index is 5.81. The summed E-state index contributed by atoms with van der Waals surface area (Å²) < 4.78 is 1.88. The van der Waals surface area contributed by atoms with E-state index in [-0.39, 0.29) is 0 Å². The third kappa shape index (κ3) is 1.54. The second-order valence-corrected chi connectivity index (χ2v) is 4.37. The molecule has 0 amide bonds. The van der Waals surface area contributed by atoms with E-state index in [2.05, 4.69) is 28.2 Å². The lowest BCUT2D eigenvalue weighted by atomic mass is 10.0. The molecular weight excluding hydrogens is 224 g/mol. The Hall–Kier alpha value is -2.36. The lowest BCUT2D eigenvalue weighted by molar-refractivity contribution is 0.965. The number of imidazole rings is 1. The first-order valence-electron chi connectivity index (χ1n) is 5.81. The fourth-order valence-electron chi connectivity index (χ4n) is 2.18. The molecule has 2 aromatic heterocycles. The molecule has 0 aliphatic rings. The van der Waals surface area contributed by atoms with Crippen molar-refractivity contribution in [2.45, 2.75) is 6.92 Å². The van der Waals surface area contributed by atoms with Crippen LogP contribution in [0.15, 0.2) is 36.5 Å². The van der Waals surface area contributed by atoms with Gasteiger partial charge in [0.2, 0.25) is 5.95 Å². The highest BCUT2D eigenvalue weighted by atomic mass is 15.1. The van der Waals surface area contributed by atoms with Gasteiger partial charge in [-0.15, -0.1) is 0 Å². The molecule has 2 N–H and O–H groups in total. The molecule has 0 aliphatic heterocycles. The quantitative estimate of drug-likeness (QED) is 0.708. The largest absolute Gasteiger partial charge is 0.369 e. The lowest BCUT2D eigenvalue weighted by Gasteiger charge is -2.04. The highest BCUT2D eigenvalue weighted by Crippen LogP contribution is 2.26. The number of fused-ring (bicyclic) bond motifs is 1. The topological polar surface area (TPSA) is 56.7 Å². The first-order valence-corrected chi connectivity index (χ1v) is 5.81. The molecule has 3 aromatic rings. The number of pyridine rings is 1. The number of rotatable bonds is 1. The van der Waals surface area contributed by atoms with Gasteiger partial charge in [-0.1, -0.05) is 12.1 Å². The first-order chi connectivity index (χ1) is 8.66. The van der Waals surface area contributed by atoms with E-state index in [1.165, 1.54) is 0 Å². The maximum atomic E-state index is 5.81. The number of benzene rings is 1. The number of aryl methyl sites for hydroxylation is 2. The van der Waals surface area contributed by atoms with Crippen molar-refractivity contribution in [2.24, 2.45) is 7.05 Å². The number of nitrogen functional groups attached to an aromatic ring is 1. The Labute approximate surface area is 105 Å². The molecule has 0 unspecified atom stereocenters. The van der Waals surface area contributed by atoms with Crippen LogP contribution in [0.4, 0.5) is 5.95 Å². The summed E-state index contributed by atoms with van der Waals surface area (Å²) >= 11 is 0. The number of hydrogen-bond donors (Lipinski definition) is 1. The maximum Gasteiger partial charge on any atom is 0.200 e. The van der Waals surface area contributed by atoms with E-state index in [0.29, 0.717) is 5.95 Å². The minimum Gasteiger partial charge on any atom is -0.369 e. The molecule has 3 rings (SSSR count). The highest BCUT2D eigenvalue weighted by molar-refractivity contribution is 5.84. The van der Waals surface area contributed by atoms with Crippen molar-refractivity contribution in [1.82, 2.24) is 14.5 Å². The number of hydrogen-bond acceptors (Lipinski definition) is 3. The van der Waals surface area contributed by atoms with Crippen LogP contribution in [0.5, 0.6) is 0 Å². The van der Waals surface area contributed by atoms with Crippen LogP contribution in [0, 0.1) is 6.92 Å². The number of aromatic nitrogens is 3. The van der Waals surface area contributed by atoms with Crippen molar-refractivity contribution in [3.63, 3.8) is 0 Å². The summed E-state index contributed by atoms with van der Waals surface area (Å²) in [5, 5.41) is 0. The summed E-state index contributed by atoms with van der Waals surface area (Å²) in [6.07, 6.45) is 1.80. The van der Waals surface area contributed by atoms with E-state index in [9.17, 15) is 0 Å². The Balaban J connectivity index is 2.23. The van der Waals surface area contributed by atoms with E-state index in [1.807, 2.05) is 30.7 Å². The molecule has 0 atom stereocenters. The lowest BCUT2D eigenvalue weighted by Crippen LogP contribution is -1.95. The summed E-state index contributed by atoms with van der Waals surface area (Å²) in [4.78, 5) is 8.66. The molecule has 0 saturated heterocycles. The zero-order valence-electron chi connectivity index (χ0n) is 10.4. The zero-order valence-corrected chi connectivity index (χ0v) is 10.4. The van der Waals surface area contributed by atoms with Crippen LogP contribution in [-0.4, -0.2) is 14.5 Å². The molecule has 4 heteroatoms. The average Bonchev–Trinajstić information content (AvgIpc) is 2.65. The van der Waals surface area contributed by atoms with E-state index in [0.717, 1.165) is 27.9 Å². The molecule has 90 valence electrons. The van der Waals surface area contributed by atoms with Gasteiger partial charge in [0, 0.05) is 24.5 Å². The van der Waals surface area contributed by atoms with E-state index in [1.54, 1.807) is 6.20 Å². The third-order valence-electron chi connectivity index (χ3n) is 3.23. The molecule has 0 spiro atoms. The van der Waals surface area contributed by atoms with Crippen molar-refractivity contribution < 1.29 is 0 Å². The van der Waals surface area contributed by atoms with E-state index in [4.69, 9.17) is 5.73 Å². The van der Waals surface area contributed by atoms with Crippen LogP contribution >= 0.6 is 0 Å². The fourth-order valence-corrected chi connectivity index (χ4v) is 2.18. The van der Waals surface area contributed by atoms with Crippen LogP contribution in [0.3, 0.4) is 0 Å². The molecular formula is C14H14N4. The second-order valence-electron chi connectivity index (χ2n) is 4.37. The minimum absolute atomic E-state index is 0.532. The summed E-state index contributed by atoms with van der Waals surface area (Å²) in [6, 6.07) is 10.2. The monoisotopic (exact) mass is 238 g/mol. The van der Waals surface area contributed by atoms with Crippen LogP contribution in [-0.2, 0) is 7.05 Å². The van der Waals surface area contributed by atoms with Crippen molar-refractivity contribution in [1.29, 1.82) is 0 Å². The van der Waals surface area contributed by atoms with Gasteiger partial charge in [-0.05, 0) is 30.7 Å². The van der Waals surface area contributed by atoms with Crippen molar-refractivity contribution in [3.05, 3.63) is 42.2 Å². The number of nitrogens with two attached hydrogens (primary N) is 1. The highest BCUT2D eigenvalue weighted by Gasteiger charge is 2.07. The van der Waals surface area contributed by atoms with E-state index >= 15 is 0 Å². The molecule has 0 bridgehead atoms. The molecule has 2 heterocycles. The van der Waals surface area contributed by atoms with Crippen LogP contribution < -0.4 is 5.73 Å². The Kier molecular flexibility index (Phi) is 2.30. The van der Waals surface area contributed by atoms with Gasteiger partial charge >= 0.3 is 0 Å². The summed E-state index contributed by atoms with van der Waals surface area (Å²) in [6.45, 7) is 2.01. The molecule has 0 radical (unpaired) electrons. The fraction of sp³-hybridized carbons (Fsp3) is 0.143. The van der Waals surface area contributed by atoms with Crippen molar-refractivity contribution in [3.8, 4) is 11.1 Å². The normalized spacial score (nSPS) is 11.0. The van der Waals surface area contributed by atoms with Crippen molar-refractivity contribution in [2.75, 3.05) is 5.73 Å². The zero-order chi connectivity index (χ0) is 12.7. The van der Waals surface area contributed by atoms with Crippen LogP contribution in [0.2, 0.25) is 0 Å². The molecule has 1 aromatic carbocycles. The predicted octanol–water partition coefficient (Wildman–Crippen LogP) is 2.53. The Morgan fingerprint density at radius 1 is 1.22 bits per heavy atom. The SMILES string of the molecule is Cc1ncccc1-c1ccc2c(c1)nc(N)n2C. The summed E-state index contributed by atoms with van der Waals surface area (Å²) in [5.41, 5.74) is 11.0. The van der Waals surface area contributed by atoms with Crippen LogP contribution in [0.25, 0.3) is 22.2 Å². The van der Waals surface area contributed by atoms with Gasteiger partial charge in [-0.25, -0.2) is 4.98 Å². The Morgan fingerprint density at radius 3 is 2.83 bits per heavy atom. The molecule has 0 saturated carbocycles. The summed E-state index contributed by atoms with van der Waals surface area (Å²) in [7, 11) is 1.92. The smallest absolute Gasteiger partial charge is 0.200 e. The molecule has 0 aliphatic carbocycles. The van der Waals surface area contributed by atoms with Crippen molar-refractivity contribution >= 4 is 17.0 Å². The first kappa shape index (κ1) is 10.8. The Bertz CT molecular complexity index is 728. The van der Waals surface area contributed by atoms with Gasteiger partial charge in [-0.2, -0.15) is 0 Å². The van der Waals surface area contributed by atoms with Gasteiger partial charge in [0.05, 0.1) is 11.0 Å².